The summed E-state index contributed by atoms with van der Waals surface area (Å²) < 4.78 is 11.3. The molecule has 4 rings (SSSR count). The molecule has 1 atom stereocenters. The first-order valence-corrected chi connectivity index (χ1v) is 9.76. The molecule has 1 aromatic heterocycles. The molecular formula is C20H21ClN4O4. The van der Waals surface area contributed by atoms with Crippen LogP contribution in [-0.4, -0.2) is 67.2 Å². The molecule has 0 spiro atoms. The molecule has 9 heteroatoms. The maximum Gasteiger partial charge on any atom is 0.265 e. The van der Waals surface area contributed by atoms with Crippen LogP contribution in [0.25, 0.3) is 0 Å². The van der Waals surface area contributed by atoms with Crippen molar-refractivity contribution in [1.82, 2.24) is 9.88 Å². The Morgan fingerprint density at radius 3 is 2.72 bits per heavy atom. The Morgan fingerprint density at radius 1 is 1.17 bits per heavy atom. The van der Waals surface area contributed by atoms with Crippen LogP contribution in [0.2, 0.25) is 5.02 Å². The number of anilines is 2. The van der Waals surface area contributed by atoms with Crippen molar-refractivity contribution < 1.29 is 19.1 Å². The molecule has 1 fully saturated rings. The number of amides is 2. The van der Waals surface area contributed by atoms with Gasteiger partial charge in [0.15, 0.2) is 6.10 Å². The number of fused-ring (bicyclic) bond motifs is 1. The standard InChI is InChI=1S/C20H21ClN4O4/c21-14-5-6-18(22-11-14)23-19(26)13-25-12-17(20(27)24-7-9-28-10-8-24)29-16-4-2-1-3-15(16)25/h1-6,11,17H,7-10,12-13H2,(H,22,23,26). The van der Waals surface area contributed by atoms with Crippen LogP contribution in [0.15, 0.2) is 42.6 Å². The third-order valence-electron chi connectivity index (χ3n) is 4.79. The van der Waals surface area contributed by atoms with Gasteiger partial charge in [-0.2, -0.15) is 0 Å². The molecule has 1 unspecified atom stereocenters. The fourth-order valence-electron chi connectivity index (χ4n) is 3.38. The molecule has 0 radical (unpaired) electrons. The van der Waals surface area contributed by atoms with E-state index in [0.29, 0.717) is 42.9 Å². The molecule has 2 amide bonds. The first kappa shape index (κ1) is 19.5. The van der Waals surface area contributed by atoms with Crippen molar-refractivity contribution in [3.05, 3.63) is 47.6 Å². The number of carbonyl (C=O) groups excluding carboxylic acids is 2. The molecule has 152 valence electrons. The van der Waals surface area contributed by atoms with E-state index in [9.17, 15) is 9.59 Å². The van der Waals surface area contributed by atoms with Crippen LogP contribution < -0.4 is 15.0 Å². The number of ether oxygens (including phenoxy) is 2. The molecule has 29 heavy (non-hydrogen) atoms. The lowest BCUT2D eigenvalue weighted by Crippen LogP contribution is -2.53. The van der Waals surface area contributed by atoms with Gasteiger partial charge in [-0.1, -0.05) is 23.7 Å². The van der Waals surface area contributed by atoms with Crippen molar-refractivity contribution in [2.75, 3.05) is 49.6 Å². The van der Waals surface area contributed by atoms with Gasteiger partial charge in [-0.15, -0.1) is 0 Å². The normalized spacial score (nSPS) is 18.6. The number of hydrogen-bond donors (Lipinski definition) is 1. The van der Waals surface area contributed by atoms with Gasteiger partial charge in [0.2, 0.25) is 5.91 Å². The van der Waals surface area contributed by atoms with Gasteiger partial charge in [0.05, 0.1) is 37.0 Å². The smallest absolute Gasteiger partial charge is 0.265 e. The second kappa shape index (κ2) is 8.67. The van der Waals surface area contributed by atoms with Crippen LogP contribution in [0.5, 0.6) is 5.75 Å². The molecule has 2 aliphatic heterocycles. The number of nitrogens with one attached hydrogen (secondary N) is 1. The highest BCUT2D eigenvalue weighted by atomic mass is 35.5. The molecule has 1 N–H and O–H groups in total. The zero-order valence-electron chi connectivity index (χ0n) is 15.7. The van der Waals surface area contributed by atoms with Crippen LogP contribution in [0.1, 0.15) is 0 Å². The summed E-state index contributed by atoms with van der Waals surface area (Å²) in [7, 11) is 0. The van der Waals surface area contributed by atoms with E-state index in [2.05, 4.69) is 10.3 Å². The molecular weight excluding hydrogens is 396 g/mol. The summed E-state index contributed by atoms with van der Waals surface area (Å²) in [6.07, 6.45) is 0.794. The van der Waals surface area contributed by atoms with Crippen LogP contribution in [0.3, 0.4) is 0 Å². The van der Waals surface area contributed by atoms with Gasteiger partial charge in [-0.05, 0) is 24.3 Å². The summed E-state index contributed by atoms with van der Waals surface area (Å²) in [4.78, 5) is 33.2. The summed E-state index contributed by atoms with van der Waals surface area (Å²) in [5, 5.41) is 3.25. The van der Waals surface area contributed by atoms with Gasteiger partial charge in [0, 0.05) is 19.3 Å². The summed E-state index contributed by atoms with van der Waals surface area (Å²) in [5.74, 6) is 0.673. The number of hydrogen-bond acceptors (Lipinski definition) is 6. The highest BCUT2D eigenvalue weighted by Gasteiger charge is 2.34. The highest BCUT2D eigenvalue weighted by Crippen LogP contribution is 2.33. The average Bonchev–Trinajstić information content (AvgIpc) is 2.75. The molecule has 2 aliphatic rings. The van der Waals surface area contributed by atoms with Crippen molar-refractivity contribution in [1.29, 1.82) is 0 Å². The Hall–Kier alpha value is -2.84. The first-order valence-electron chi connectivity index (χ1n) is 9.39. The van der Waals surface area contributed by atoms with Crippen molar-refractivity contribution in [2.24, 2.45) is 0 Å². The lowest BCUT2D eigenvalue weighted by Gasteiger charge is -2.38. The van der Waals surface area contributed by atoms with Crippen molar-refractivity contribution in [2.45, 2.75) is 6.10 Å². The van der Waals surface area contributed by atoms with E-state index >= 15 is 0 Å². The third-order valence-corrected chi connectivity index (χ3v) is 5.01. The maximum absolute atomic E-state index is 12.9. The van der Waals surface area contributed by atoms with Crippen molar-refractivity contribution >= 4 is 34.9 Å². The van der Waals surface area contributed by atoms with Crippen molar-refractivity contribution in [3.8, 4) is 5.75 Å². The summed E-state index contributed by atoms with van der Waals surface area (Å²) >= 11 is 5.83. The Morgan fingerprint density at radius 2 is 1.97 bits per heavy atom. The number of morpholine rings is 1. The van der Waals surface area contributed by atoms with Gasteiger partial charge in [0.1, 0.15) is 11.6 Å². The van der Waals surface area contributed by atoms with Gasteiger partial charge < -0.3 is 24.6 Å². The Kier molecular flexibility index (Phi) is 5.82. The Labute approximate surface area is 173 Å². The predicted octanol–water partition coefficient (Wildman–Crippen LogP) is 1.80. The van der Waals surface area contributed by atoms with Gasteiger partial charge in [-0.25, -0.2) is 4.98 Å². The van der Waals surface area contributed by atoms with Crippen molar-refractivity contribution in [3.63, 3.8) is 0 Å². The summed E-state index contributed by atoms with van der Waals surface area (Å²) in [5.41, 5.74) is 0.776. The molecule has 0 bridgehead atoms. The zero-order valence-corrected chi connectivity index (χ0v) is 16.5. The first-order chi connectivity index (χ1) is 14.1. The quantitative estimate of drug-likeness (QED) is 0.818. The number of benzene rings is 1. The highest BCUT2D eigenvalue weighted by molar-refractivity contribution is 6.30. The SMILES string of the molecule is O=C(CN1CC(C(=O)N2CCOCC2)Oc2ccccc21)Nc1ccc(Cl)cn1. The number of nitrogens with zero attached hydrogens (tertiary/aromatic N) is 3. The minimum atomic E-state index is -0.676. The Bertz CT molecular complexity index is 886. The van der Waals surface area contributed by atoms with Crippen LogP contribution in [0.4, 0.5) is 11.5 Å². The fraction of sp³-hybridized carbons (Fsp3) is 0.350. The van der Waals surface area contributed by atoms with E-state index in [4.69, 9.17) is 21.1 Å². The van der Waals surface area contributed by atoms with E-state index < -0.39 is 6.10 Å². The predicted molar refractivity (Wildman–Crippen MR) is 108 cm³/mol. The van der Waals surface area contributed by atoms with Crippen LogP contribution in [-0.2, 0) is 14.3 Å². The Balaban J connectivity index is 1.48. The molecule has 1 saturated heterocycles. The lowest BCUT2D eigenvalue weighted by atomic mass is 10.1. The topological polar surface area (TPSA) is 84.0 Å². The van der Waals surface area contributed by atoms with E-state index in [1.165, 1.54) is 6.20 Å². The molecule has 0 aliphatic carbocycles. The monoisotopic (exact) mass is 416 g/mol. The van der Waals surface area contributed by atoms with E-state index in [0.717, 1.165) is 5.69 Å². The zero-order chi connectivity index (χ0) is 20.2. The fourth-order valence-corrected chi connectivity index (χ4v) is 3.49. The van der Waals surface area contributed by atoms with Gasteiger partial charge in [-0.3, -0.25) is 9.59 Å². The minimum absolute atomic E-state index is 0.0670. The van der Waals surface area contributed by atoms with Crippen LogP contribution >= 0.6 is 11.6 Å². The van der Waals surface area contributed by atoms with Gasteiger partial charge in [0.25, 0.3) is 5.91 Å². The second-order valence-electron chi connectivity index (χ2n) is 6.80. The van der Waals surface area contributed by atoms with E-state index in [1.807, 2.05) is 23.1 Å². The van der Waals surface area contributed by atoms with Gasteiger partial charge >= 0.3 is 0 Å². The van der Waals surface area contributed by atoms with Crippen LogP contribution in [0, 0.1) is 0 Å². The summed E-state index contributed by atoms with van der Waals surface area (Å²) in [6, 6.07) is 10.7. The molecule has 0 saturated carbocycles. The molecule has 8 nitrogen and oxygen atoms in total. The second-order valence-corrected chi connectivity index (χ2v) is 7.24. The molecule has 1 aromatic carbocycles. The number of carbonyl (C=O) groups is 2. The largest absolute Gasteiger partial charge is 0.477 e. The summed E-state index contributed by atoms with van der Waals surface area (Å²) in [6.45, 7) is 2.49. The average molecular weight is 417 g/mol. The number of para-hydroxylation sites is 2. The van der Waals surface area contributed by atoms with E-state index in [-0.39, 0.29) is 24.9 Å². The third kappa shape index (κ3) is 4.60. The minimum Gasteiger partial charge on any atom is -0.477 e. The maximum atomic E-state index is 12.9. The molecule has 3 heterocycles. The number of rotatable bonds is 4. The number of halogens is 1. The van der Waals surface area contributed by atoms with E-state index in [1.54, 1.807) is 23.1 Å². The number of pyridine rings is 1. The molecule has 2 aromatic rings. The lowest BCUT2D eigenvalue weighted by molar-refractivity contribution is -0.142. The number of aromatic nitrogens is 1.